The maximum absolute atomic E-state index is 14.5. The molecule has 0 saturated heterocycles. The van der Waals surface area contributed by atoms with E-state index in [1.165, 1.54) is 0 Å². The molecule has 0 atom stereocenters. The Labute approximate surface area is 184 Å². The maximum Gasteiger partial charge on any atom is 0.315 e. The number of halogens is 8. The van der Waals surface area contributed by atoms with Gasteiger partial charge < -0.3 is 4.74 Å². The highest BCUT2D eigenvalue weighted by molar-refractivity contribution is 5.24. The van der Waals surface area contributed by atoms with Crippen LogP contribution in [0, 0.1) is 5.41 Å². The highest BCUT2D eigenvalue weighted by Crippen LogP contribution is 2.55. The summed E-state index contributed by atoms with van der Waals surface area (Å²) in [4.78, 5) is 0. The summed E-state index contributed by atoms with van der Waals surface area (Å²) in [7, 11) is 0. The van der Waals surface area contributed by atoms with Crippen LogP contribution in [0.4, 0.5) is 35.1 Å². The molecule has 0 spiro atoms. The van der Waals surface area contributed by atoms with Crippen LogP contribution < -0.4 is 0 Å². The van der Waals surface area contributed by atoms with Crippen LogP contribution in [0.25, 0.3) is 0 Å². The average molecular weight is 476 g/mol. The molecule has 0 amide bonds. The summed E-state index contributed by atoms with van der Waals surface area (Å²) in [6.07, 6.45) is -5.16. The molecule has 0 unspecified atom stereocenters. The summed E-state index contributed by atoms with van der Waals surface area (Å²) in [6, 6.07) is 7.43. The maximum atomic E-state index is 14.5. The van der Waals surface area contributed by atoms with Crippen molar-refractivity contribution in [2.45, 2.75) is 96.5 Å². The standard InChI is InChI=1S/C23H32F8O/c1-6-20(24,25)22(28,29)15-19(4,5)23(30,31)21(26,27)12-7-13-32-14-17-8-10-18(11-9-17)16(2)3/h8-11,16H,6-7,12-15H2,1-5H3. The Morgan fingerprint density at radius 1 is 0.812 bits per heavy atom. The fourth-order valence-electron chi connectivity index (χ4n) is 3.29. The van der Waals surface area contributed by atoms with Gasteiger partial charge >= 0.3 is 23.7 Å². The molecule has 1 rings (SSSR count). The molecular weight excluding hydrogens is 444 g/mol. The zero-order valence-electron chi connectivity index (χ0n) is 19.1. The van der Waals surface area contributed by atoms with Crippen LogP contribution in [0.5, 0.6) is 0 Å². The second-order valence-electron chi connectivity index (χ2n) is 9.15. The number of hydrogen-bond acceptors (Lipinski definition) is 1. The lowest BCUT2D eigenvalue weighted by atomic mass is 9.75. The third kappa shape index (κ3) is 6.58. The zero-order chi connectivity index (χ0) is 25.0. The molecule has 0 saturated carbocycles. The fourth-order valence-corrected chi connectivity index (χ4v) is 3.29. The van der Waals surface area contributed by atoms with Crippen molar-refractivity contribution in [3.63, 3.8) is 0 Å². The lowest BCUT2D eigenvalue weighted by Crippen LogP contribution is -2.55. The van der Waals surface area contributed by atoms with Gasteiger partial charge in [0.1, 0.15) is 0 Å². The molecule has 32 heavy (non-hydrogen) atoms. The second-order valence-corrected chi connectivity index (χ2v) is 9.15. The molecule has 0 N–H and O–H groups in total. The molecule has 9 heteroatoms. The topological polar surface area (TPSA) is 9.23 Å². The van der Waals surface area contributed by atoms with E-state index in [0.29, 0.717) is 19.8 Å². The van der Waals surface area contributed by atoms with E-state index >= 15 is 0 Å². The second kappa shape index (κ2) is 10.3. The first-order chi connectivity index (χ1) is 14.4. The molecule has 0 fully saturated rings. The van der Waals surface area contributed by atoms with Crippen LogP contribution in [-0.2, 0) is 11.3 Å². The monoisotopic (exact) mass is 476 g/mol. The Hall–Kier alpha value is -1.38. The molecule has 0 radical (unpaired) electrons. The van der Waals surface area contributed by atoms with E-state index in [-0.39, 0.29) is 13.2 Å². The minimum Gasteiger partial charge on any atom is -0.377 e. The van der Waals surface area contributed by atoms with Crippen molar-refractivity contribution >= 4 is 0 Å². The van der Waals surface area contributed by atoms with E-state index in [2.05, 4.69) is 0 Å². The van der Waals surface area contributed by atoms with Gasteiger partial charge in [-0.2, -0.15) is 35.1 Å². The molecule has 1 aromatic carbocycles. The Balaban J connectivity index is 2.67. The van der Waals surface area contributed by atoms with Crippen molar-refractivity contribution in [3.05, 3.63) is 35.4 Å². The molecule has 0 aliphatic rings. The molecule has 0 bridgehead atoms. The Kier molecular flexibility index (Phi) is 9.19. The predicted molar refractivity (Wildman–Crippen MR) is 108 cm³/mol. The first-order valence-corrected chi connectivity index (χ1v) is 10.6. The molecule has 0 aliphatic carbocycles. The smallest absolute Gasteiger partial charge is 0.315 e. The van der Waals surface area contributed by atoms with Gasteiger partial charge in [-0.1, -0.05) is 58.9 Å². The van der Waals surface area contributed by atoms with Crippen LogP contribution >= 0.6 is 0 Å². The Morgan fingerprint density at radius 2 is 1.34 bits per heavy atom. The van der Waals surface area contributed by atoms with Gasteiger partial charge in [-0.15, -0.1) is 0 Å². The van der Waals surface area contributed by atoms with E-state index in [4.69, 9.17) is 4.74 Å². The van der Waals surface area contributed by atoms with Gasteiger partial charge in [-0.05, 0) is 23.5 Å². The van der Waals surface area contributed by atoms with E-state index in [1.807, 2.05) is 38.1 Å². The number of hydrogen-bond donors (Lipinski definition) is 0. The first kappa shape index (κ1) is 28.7. The van der Waals surface area contributed by atoms with Crippen LogP contribution in [0.3, 0.4) is 0 Å². The number of rotatable bonds is 13. The van der Waals surface area contributed by atoms with Crippen molar-refractivity contribution in [2.75, 3.05) is 6.61 Å². The van der Waals surface area contributed by atoms with Crippen molar-refractivity contribution in [2.24, 2.45) is 5.41 Å². The van der Waals surface area contributed by atoms with Gasteiger partial charge in [-0.25, -0.2) is 0 Å². The summed E-state index contributed by atoms with van der Waals surface area (Å²) in [5.41, 5.74) is -1.18. The van der Waals surface area contributed by atoms with Crippen molar-refractivity contribution in [3.8, 4) is 0 Å². The molecule has 0 heterocycles. The van der Waals surface area contributed by atoms with Gasteiger partial charge in [0.25, 0.3) is 0 Å². The Morgan fingerprint density at radius 3 is 1.81 bits per heavy atom. The third-order valence-corrected chi connectivity index (χ3v) is 5.65. The summed E-state index contributed by atoms with van der Waals surface area (Å²) in [6.45, 7) is 5.59. The van der Waals surface area contributed by atoms with E-state index < -0.39 is 54.8 Å². The highest BCUT2D eigenvalue weighted by Gasteiger charge is 2.68. The van der Waals surface area contributed by atoms with Crippen LogP contribution in [0.2, 0.25) is 0 Å². The van der Waals surface area contributed by atoms with Crippen LogP contribution in [0.1, 0.15) is 77.3 Å². The normalized spacial score (nSPS) is 14.3. The molecule has 0 aromatic heterocycles. The minimum atomic E-state index is -4.93. The molecule has 1 nitrogen and oxygen atoms in total. The van der Waals surface area contributed by atoms with Gasteiger partial charge in [-0.3, -0.25) is 0 Å². The first-order valence-electron chi connectivity index (χ1n) is 10.6. The lowest BCUT2D eigenvalue weighted by Gasteiger charge is -2.41. The molecule has 186 valence electrons. The fraction of sp³-hybridized carbons (Fsp3) is 0.739. The molecular formula is C23H32F8O. The van der Waals surface area contributed by atoms with Gasteiger partial charge in [0.2, 0.25) is 0 Å². The largest absolute Gasteiger partial charge is 0.377 e. The highest BCUT2D eigenvalue weighted by atomic mass is 19.3. The molecule has 0 aliphatic heterocycles. The minimum absolute atomic E-state index is 0.101. The van der Waals surface area contributed by atoms with Crippen molar-refractivity contribution in [1.82, 2.24) is 0 Å². The van der Waals surface area contributed by atoms with E-state index in [9.17, 15) is 35.1 Å². The summed E-state index contributed by atoms with van der Waals surface area (Å²) < 4.78 is 117. The van der Waals surface area contributed by atoms with Gasteiger partial charge in [0, 0.05) is 31.3 Å². The number of alkyl halides is 8. The quantitative estimate of drug-likeness (QED) is 0.205. The van der Waals surface area contributed by atoms with Crippen LogP contribution in [-0.4, -0.2) is 30.3 Å². The summed E-state index contributed by atoms with van der Waals surface area (Å²) >= 11 is 0. The third-order valence-electron chi connectivity index (χ3n) is 5.65. The average Bonchev–Trinajstić information content (AvgIpc) is 2.66. The summed E-state index contributed by atoms with van der Waals surface area (Å²) in [5, 5.41) is 0. The van der Waals surface area contributed by atoms with E-state index in [1.54, 1.807) is 0 Å². The SMILES string of the molecule is CCC(F)(F)C(F)(F)CC(C)(C)C(F)(F)C(F)(F)CCCOCc1ccc(C(C)C)cc1. The molecule has 1 aromatic rings. The van der Waals surface area contributed by atoms with Crippen LogP contribution in [0.15, 0.2) is 24.3 Å². The van der Waals surface area contributed by atoms with Crippen molar-refractivity contribution < 1.29 is 39.9 Å². The summed E-state index contributed by atoms with van der Waals surface area (Å²) in [5.74, 6) is -18.7. The lowest BCUT2D eigenvalue weighted by molar-refractivity contribution is -0.293. The zero-order valence-corrected chi connectivity index (χ0v) is 19.1. The van der Waals surface area contributed by atoms with Crippen molar-refractivity contribution in [1.29, 1.82) is 0 Å². The number of benzene rings is 1. The van der Waals surface area contributed by atoms with Gasteiger partial charge in [0.05, 0.1) is 6.61 Å². The number of ether oxygens (including phenoxy) is 1. The predicted octanol–water partition coefficient (Wildman–Crippen LogP) is 8.47. The Bertz CT molecular complexity index is 711. The van der Waals surface area contributed by atoms with Gasteiger partial charge in [0.15, 0.2) is 0 Å². The van der Waals surface area contributed by atoms with E-state index in [0.717, 1.165) is 18.1 Å².